The number of hydrogen-bond acceptors (Lipinski definition) is 5. The molecular formula is C28H33ClO5. The number of carbonyl (C=O) groups is 3. The minimum absolute atomic E-state index is 0.0328. The highest BCUT2D eigenvalue weighted by atomic mass is 35.5. The molecule has 4 aliphatic carbocycles. The van der Waals surface area contributed by atoms with E-state index in [-0.39, 0.29) is 40.6 Å². The fourth-order valence-corrected chi connectivity index (χ4v) is 8.47. The van der Waals surface area contributed by atoms with Crippen LogP contribution in [-0.4, -0.2) is 40.2 Å². The second kappa shape index (κ2) is 8.30. The first-order valence-corrected chi connectivity index (χ1v) is 13.0. The molecule has 3 saturated carbocycles. The summed E-state index contributed by atoms with van der Waals surface area (Å²) in [5.41, 5.74) is -0.689. The van der Waals surface area contributed by atoms with Gasteiger partial charge in [0.1, 0.15) is 0 Å². The molecule has 1 N–H and O–H groups in total. The molecule has 0 heterocycles. The fourth-order valence-electron chi connectivity index (χ4n) is 8.26. The van der Waals surface area contributed by atoms with Crippen LogP contribution in [0.2, 0.25) is 0 Å². The number of aliphatic hydroxyl groups is 1. The number of ether oxygens (including phenoxy) is 1. The minimum Gasteiger partial charge on any atom is -0.447 e. The number of hydrogen-bond donors (Lipinski definition) is 1. The highest BCUT2D eigenvalue weighted by Gasteiger charge is 2.70. The van der Waals surface area contributed by atoms with Crippen molar-refractivity contribution in [3.8, 4) is 0 Å². The van der Waals surface area contributed by atoms with Crippen LogP contribution in [0.1, 0.15) is 69.2 Å². The van der Waals surface area contributed by atoms with Crippen LogP contribution in [0.4, 0.5) is 0 Å². The van der Waals surface area contributed by atoms with Gasteiger partial charge in [0, 0.05) is 11.8 Å². The Kier molecular flexibility index (Phi) is 5.80. The van der Waals surface area contributed by atoms with Gasteiger partial charge in [0.2, 0.25) is 0 Å². The van der Waals surface area contributed by atoms with Gasteiger partial charge >= 0.3 is 5.97 Å². The van der Waals surface area contributed by atoms with E-state index in [4.69, 9.17) is 16.3 Å². The Bertz CT molecular complexity index is 1050. The maximum absolute atomic E-state index is 13.4. The van der Waals surface area contributed by atoms with Crippen LogP contribution in [0.3, 0.4) is 0 Å². The largest absolute Gasteiger partial charge is 0.447 e. The molecule has 34 heavy (non-hydrogen) atoms. The minimum atomic E-state index is -1.35. The Morgan fingerprint density at radius 2 is 1.85 bits per heavy atom. The van der Waals surface area contributed by atoms with Gasteiger partial charge in [-0.25, -0.2) is 4.79 Å². The molecule has 5 nitrogen and oxygen atoms in total. The van der Waals surface area contributed by atoms with Crippen LogP contribution in [0.25, 0.3) is 0 Å². The number of fused-ring (bicyclic) bond motifs is 5. The van der Waals surface area contributed by atoms with Gasteiger partial charge in [-0.05, 0) is 79.9 Å². The summed E-state index contributed by atoms with van der Waals surface area (Å²) in [7, 11) is 0. The van der Waals surface area contributed by atoms with Crippen molar-refractivity contribution in [3.63, 3.8) is 0 Å². The van der Waals surface area contributed by atoms with Crippen LogP contribution >= 0.6 is 11.6 Å². The number of esters is 1. The fraction of sp³-hybridized carbons (Fsp3) is 0.607. The highest BCUT2D eigenvalue weighted by Crippen LogP contribution is 2.68. The number of ketones is 2. The Morgan fingerprint density at radius 3 is 2.56 bits per heavy atom. The molecule has 3 fully saturated rings. The van der Waals surface area contributed by atoms with Crippen LogP contribution in [0, 0.1) is 28.6 Å². The monoisotopic (exact) mass is 484 g/mol. The molecule has 182 valence electrons. The standard InChI is InChI=1S/C28H33ClO5/c1-26-12-10-19(30)14-18(26)8-9-20-21-11-13-28(23(32)16-29,27(21,2)15-22(31)24(20)26)34-25(33)17-6-4-3-5-7-17/h3-7,14,20-22,24,31H,8-13,15-16H2,1-2H3/t20-,21-,22-,24+,26-,27-,28-/m0/s1. The molecule has 5 rings (SSSR count). The lowest BCUT2D eigenvalue weighted by molar-refractivity contribution is -0.180. The van der Waals surface area contributed by atoms with E-state index in [2.05, 4.69) is 6.92 Å². The van der Waals surface area contributed by atoms with Crippen LogP contribution in [-0.2, 0) is 14.3 Å². The number of benzene rings is 1. The summed E-state index contributed by atoms with van der Waals surface area (Å²) in [6.45, 7) is 4.22. The van der Waals surface area contributed by atoms with E-state index >= 15 is 0 Å². The van der Waals surface area contributed by atoms with Gasteiger partial charge in [0.15, 0.2) is 17.2 Å². The SMILES string of the molecule is C[C@]12CCC(=O)C=C1CC[C@@H]1[C@@H]2[C@@H](O)C[C@@]2(C)[C@H]1CC[C@]2(OC(=O)c1ccccc1)C(=O)CCl. The third kappa shape index (κ3) is 3.26. The van der Waals surface area contributed by atoms with E-state index in [0.29, 0.717) is 24.8 Å². The molecule has 0 bridgehead atoms. The summed E-state index contributed by atoms with van der Waals surface area (Å²) in [6, 6.07) is 8.73. The molecule has 0 aromatic heterocycles. The Morgan fingerprint density at radius 1 is 1.12 bits per heavy atom. The van der Waals surface area contributed by atoms with Gasteiger partial charge in [-0.3, -0.25) is 9.59 Å². The van der Waals surface area contributed by atoms with Crippen molar-refractivity contribution < 1.29 is 24.2 Å². The first-order chi connectivity index (χ1) is 16.2. The number of rotatable bonds is 4. The lowest BCUT2D eigenvalue weighted by Crippen LogP contribution is -2.63. The molecule has 0 aliphatic heterocycles. The molecule has 6 heteroatoms. The van der Waals surface area contributed by atoms with E-state index < -0.39 is 23.1 Å². The number of Topliss-reactive ketones (excluding diaryl/α,β-unsaturated/α-hetero) is 1. The van der Waals surface area contributed by atoms with E-state index in [1.807, 2.05) is 19.1 Å². The first-order valence-electron chi connectivity index (χ1n) is 12.5. The van der Waals surface area contributed by atoms with Gasteiger partial charge in [0.05, 0.1) is 17.5 Å². The van der Waals surface area contributed by atoms with Crippen molar-refractivity contribution >= 4 is 29.1 Å². The quantitative estimate of drug-likeness (QED) is 0.486. The van der Waals surface area contributed by atoms with Crippen molar-refractivity contribution in [2.45, 2.75) is 70.5 Å². The van der Waals surface area contributed by atoms with Gasteiger partial charge in [0.25, 0.3) is 0 Å². The number of aliphatic hydroxyl groups excluding tert-OH is 1. The van der Waals surface area contributed by atoms with Gasteiger partial charge in [-0.15, -0.1) is 11.6 Å². The number of halogens is 1. The van der Waals surface area contributed by atoms with Crippen molar-refractivity contribution in [1.29, 1.82) is 0 Å². The lowest BCUT2D eigenvalue weighted by Gasteiger charge is -2.60. The van der Waals surface area contributed by atoms with E-state index in [0.717, 1.165) is 25.7 Å². The third-order valence-electron chi connectivity index (χ3n) is 9.86. The molecule has 4 aliphatic rings. The van der Waals surface area contributed by atoms with Crippen LogP contribution < -0.4 is 0 Å². The zero-order valence-electron chi connectivity index (χ0n) is 19.9. The zero-order valence-corrected chi connectivity index (χ0v) is 20.6. The number of allylic oxidation sites excluding steroid dienone is 1. The average Bonchev–Trinajstić information content (AvgIpc) is 3.11. The predicted octanol–water partition coefficient (Wildman–Crippen LogP) is 4.89. The summed E-state index contributed by atoms with van der Waals surface area (Å²) < 4.78 is 6.14. The molecule has 0 radical (unpaired) electrons. The average molecular weight is 485 g/mol. The van der Waals surface area contributed by atoms with Gasteiger partial charge < -0.3 is 9.84 Å². The summed E-state index contributed by atoms with van der Waals surface area (Å²) in [6.07, 6.45) is 5.70. The predicted molar refractivity (Wildman–Crippen MR) is 128 cm³/mol. The highest BCUT2D eigenvalue weighted by molar-refractivity contribution is 6.29. The van der Waals surface area contributed by atoms with Crippen molar-refractivity contribution in [2.24, 2.45) is 28.6 Å². The Balaban J connectivity index is 1.53. The summed E-state index contributed by atoms with van der Waals surface area (Å²) in [5, 5.41) is 11.6. The van der Waals surface area contributed by atoms with Crippen molar-refractivity contribution in [3.05, 3.63) is 47.5 Å². The number of carbonyl (C=O) groups excluding carboxylic acids is 3. The van der Waals surface area contributed by atoms with E-state index in [9.17, 15) is 19.5 Å². The molecule has 1 aromatic rings. The molecule has 0 unspecified atom stereocenters. The molecule has 0 spiro atoms. The smallest absolute Gasteiger partial charge is 0.339 e. The summed E-state index contributed by atoms with van der Waals surface area (Å²) in [5.74, 6) is -0.491. The molecular weight excluding hydrogens is 452 g/mol. The molecule has 1 aromatic carbocycles. The third-order valence-corrected chi connectivity index (χ3v) is 10.1. The lowest BCUT2D eigenvalue weighted by atomic mass is 9.45. The molecule has 0 saturated heterocycles. The first kappa shape index (κ1) is 23.7. The van der Waals surface area contributed by atoms with Crippen LogP contribution in [0.15, 0.2) is 42.0 Å². The Hall–Kier alpha value is -1.98. The van der Waals surface area contributed by atoms with E-state index in [1.165, 1.54) is 5.57 Å². The zero-order chi connectivity index (χ0) is 24.3. The topological polar surface area (TPSA) is 80.7 Å². The van der Waals surface area contributed by atoms with Crippen LogP contribution in [0.5, 0.6) is 0 Å². The second-order valence-electron chi connectivity index (χ2n) is 11.3. The Labute approximate surface area is 205 Å². The molecule has 7 atom stereocenters. The maximum Gasteiger partial charge on any atom is 0.339 e. The van der Waals surface area contributed by atoms with Gasteiger partial charge in [-0.2, -0.15) is 0 Å². The normalized spacial score (nSPS) is 41.1. The maximum atomic E-state index is 13.4. The van der Waals surface area contributed by atoms with E-state index in [1.54, 1.807) is 24.3 Å². The summed E-state index contributed by atoms with van der Waals surface area (Å²) in [4.78, 5) is 38.7. The summed E-state index contributed by atoms with van der Waals surface area (Å²) >= 11 is 6.10. The van der Waals surface area contributed by atoms with Crippen molar-refractivity contribution in [1.82, 2.24) is 0 Å². The van der Waals surface area contributed by atoms with Gasteiger partial charge in [-0.1, -0.05) is 37.6 Å². The second-order valence-corrected chi connectivity index (χ2v) is 11.5. The number of alkyl halides is 1. The van der Waals surface area contributed by atoms with Crippen molar-refractivity contribution in [2.75, 3.05) is 5.88 Å². The molecule has 0 amide bonds.